The second kappa shape index (κ2) is 15.5. The summed E-state index contributed by atoms with van der Waals surface area (Å²) in [5.41, 5.74) is 1.99. The molecule has 1 aromatic carbocycles. The van der Waals surface area contributed by atoms with Gasteiger partial charge in [0.25, 0.3) is 6.47 Å². The Morgan fingerprint density at radius 1 is 1.02 bits per heavy atom. The molecule has 2 amide bonds. The molecule has 3 aromatic rings. The van der Waals surface area contributed by atoms with Crippen LogP contribution >= 0.6 is 0 Å². The molecule has 0 radical (unpaired) electrons. The smallest absolute Gasteiger partial charge is 0.324 e. The number of hydrogen-bond donors (Lipinski definition) is 2. The first-order valence-corrected chi connectivity index (χ1v) is 13.8. The van der Waals surface area contributed by atoms with E-state index < -0.39 is 0 Å². The molecule has 0 unspecified atom stereocenters. The number of carbonyl (C=O) groups is 2. The van der Waals surface area contributed by atoms with Gasteiger partial charge in [0, 0.05) is 77.2 Å². The van der Waals surface area contributed by atoms with Gasteiger partial charge in [-0.05, 0) is 49.4 Å². The minimum absolute atomic E-state index is 0.00530. The third-order valence-electron chi connectivity index (χ3n) is 7.10. The second-order valence-electron chi connectivity index (χ2n) is 9.73. The van der Waals surface area contributed by atoms with Crippen LogP contribution in [0.2, 0.25) is 0 Å². The van der Waals surface area contributed by atoms with E-state index in [4.69, 9.17) is 19.2 Å². The zero-order chi connectivity index (χ0) is 28.9. The van der Waals surface area contributed by atoms with Crippen molar-refractivity contribution >= 4 is 18.5 Å². The summed E-state index contributed by atoms with van der Waals surface area (Å²) in [5.74, 6) is 1.32. The molecular formula is C28H38N8O5. The number of aromatic nitrogens is 3. The van der Waals surface area contributed by atoms with Gasteiger partial charge in [-0.15, -0.1) is 0 Å². The number of rotatable bonds is 9. The molecule has 0 atom stereocenters. The fraction of sp³-hybridized carbons (Fsp3) is 0.464. The van der Waals surface area contributed by atoms with Crippen molar-refractivity contribution in [3.63, 3.8) is 0 Å². The third kappa shape index (κ3) is 8.88. The molecular weight excluding hydrogens is 528 g/mol. The number of urea groups is 1. The van der Waals surface area contributed by atoms with Gasteiger partial charge in [0.05, 0.1) is 12.8 Å². The van der Waals surface area contributed by atoms with Crippen LogP contribution in [-0.2, 0) is 11.3 Å². The number of benzene rings is 1. The third-order valence-corrected chi connectivity index (χ3v) is 7.10. The van der Waals surface area contributed by atoms with E-state index in [1.807, 2.05) is 52.4 Å². The van der Waals surface area contributed by atoms with Crippen LogP contribution in [0.15, 0.2) is 53.2 Å². The van der Waals surface area contributed by atoms with Gasteiger partial charge in [-0.2, -0.15) is 4.98 Å². The number of ether oxygens (including phenoxy) is 1. The summed E-state index contributed by atoms with van der Waals surface area (Å²) in [7, 11) is 1.63. The van der Waals surface area contributed by atoms with Crippen LogP contribution in [0.5, 0.6) is 5.75 Å². The zero-order valence-corrected chi connectivity index (χ0v) is 23.4. The van der Waals surface area contributed by atoms with Gasteiger partial charge in [-0.1, -0.05) is 11.2 Å². The van der Waals surface area contributed by atoms with E-state index in [0.29, 0.717) is 44.6 Å². The van der Waals surface area contributed by atoms with E-state index in [-0.39, 0.29) is 12.5 Å². The molecule has 5 rings (SSSR count). The molecule has 0 saturated carbocycles. The van der Waals surface area contributed by atoms with E-state index in [1.165, 1.54) is 0 Å². The van der Waals surface area contributed by atoms with Gasteiger partial charge in [0.1, 0.15) is 5.75 Å². The number of methoxy groups -OCH3 is 1. The lowest BCUT2D eigenvalue weighted by molar-refractivity contribution is -0.122. The number of pyridine rings is 1. The highest BCUT2D eigenvalue weighted by Crippen LogP contribution is 2.23. The van der Waals surface area contributed by atoms with Crippen molar-refractivity contribution in [2.45, 2.75) is 13.0 Å². The van der Waals surface area contributed by atoms with Crippen molar-refractivity contribution in [3.05, 3.63) is 54.4 Å². The summed E-state index contributed by atoms with van der Waals surface area (Å²) >= 11 is 0. The van der Waals surface area contributed by atoms with Crippen LogP contribution in [0.1, 0.15) is 12.1 Å². The number of hydrogen-bond acceptors (Lipinski definition) is 10. The summed E-state index contributed by atoms with van der Waals surface area (Å²) in [5, 5.41) is 14.1. The molecule has 0 aliphatic carbocycles. The Labute approximate surface area is 239 Å². The summed E-state index contributed by atoms with van der Waals surface area (Å²) < 4.78 is 10.7. The average Bonchev–Trinajstić information content (AvgIpc) is 3.52. The zero-order valence-electron chi connectivity index (χ0n) is 23.4. The first kappa shape index (κ1) is 29.7. The SMILES string of the molecule is COc1ccc(-c2noc(N3CCN(C(=O)NCCCN4CCN(Cc5ccccn5)CC4)CC3)n2)cc1.O=CO. The lowest BCUT2D eigenvalue weighted by atomic mass is 10.2. The highest BCUT2D eigenvalue weighted by atomic mass is 16.5. The Morgan fingerprint density at radius 3 is 2.39 bits per heavy atom. The lowest BCUT2D eigenvalue weighted by Crippen LogP contribution is -2.52. The van der Waals surface area contributed by atoms with E-state index in [1.54, 1.807) is 7.11 Å². The van der Waals surface area contributed by atoms with Gasteiger partial charge in [0.2, 0.25) is 5.82 Å². The predicted molar refractivity (Wildman–Crippen MR) is 153 cm³/mol. The molecule has 2 N–H and O–H groups in total. The maximum atomic E-state index is 12.7. The summed E-state index contributed by atoms with van der Waals surface area (Å²) in [4.78, 5) is 38.8. The molecule has 4 heterocycles. The van der Waals surface area contributed by atoms with Crippen LogP contribution in [0.3, 0.4) is 0 Å². The lowest BCUT2D eigenvalue weighted by Gasteiger charge is -2.35. The normalized spacial score (nSPS) is 16.0. The first-order valence-electron chi connectivity index (χ1n) is 13.8. The molecule has 2 saturated heterocycles. The Hall–Kier alpha value is -4.23. The van der Waals surface area contributed by atoms with E-state index in [9.17, 15) is 4.79 Å². The summed E-state index contributed by atoms with van der Waals surface area (Å²) in [6.45, 7) is 9.09. The van der Waals surface area contributed by atoms with Crippen LogP contribution in [0.4, 0.5) is 10.8 Å². The van der Waals surface area contributed by atoms with Crippen molar-refractivity contribution in [1.29, 1.82) is 0 Å². The average molecular weight is 567 g/mol. The summed E-state index contributed by atoms with van der Waals surface area (Å²) in [6, 6.07) is 14.1. The highest BCUT2D eigenvalue weighted by Gasteiger charge is 2.24. The van der Waals surface area contributed by atoms with E-state index >= 15 is 0 Å². The molecule has 2 aliphatic rings. The first-order chi connectivity index (χ1) is 20.1. The number of nitrogens with zero attached hydrogens (tertiary/aromatic N) is 7. The van der Waals surface area contributed by atoms with E-state index in [2.05, 4.69) is 36.3 Å². The Kier molecular flexibility index (Phi) is 11.3. The predicted octanol–water partition coefficient (Wildman–Crippen LogP) is 1.88. The molecule has 13 nitrogen and oxygen atoms in total. The maximum absolute atomic E-state index is 12.7. The number of carbonyl (C=O) groups excluding carboxylic acids is 1. The highest BCUT2D eigenvalue weighted by molar-refractivity contribution is 5.74. The summed E-state index contributed by atoms with van der Waals surface area (Å²) in [6.07, 6.45) is 2.80. The van der Waals surface area contributed by atoms with Crippen molar-refractivity contribution in [2.24, 2.45) is 0 Å². The van der Waals surface area contributed by atoms with Gasteiger partial charge in [-0.3, -0.25) is 14.7 Å². The molecule has 13 heteroatoms. The molecule has 41 heavy (non-hydrogen) atoms. The largest absolute Gasteiger partial charge is 0.497 e. The van der Waals surface area contributed by atoms with Crippen molar-refractivity contribution in [3.8, 4) is 17.1 Å². The minimum Gasteiger partial charge on any atom is -0.497 e. The Balaban J connectivity index is 0.00000124. The van der Waals surface area contributed by atoms with Crippen molar-refractivity contribution in [2.75, 3.05) is 77.5 Å². The van der Waals surface area contributed by atoms with Crippen LogP contribution in [-0.4, -0.2) is 120 Å². The molecule has 220 valence electrons. The molecule has 2 fully saturated rings. The molecule has 0 spiro atoms. The topological polar surface area (TPSA) is 140 Å². The van der Waals surface area contributed by atoms with Crippen LogP contribution < -0.4 is 15.0 Å². The standard InChI is InChI=1S/C27H36N8O3.CH2O2/c1-37-24-8-6-22(7-9-24)25-30-27(38-31-25)35-19-17-34(18-20-35)26(36)29-11-4-12-32-13-15-33(16-14-32)21-23-5-2-3-10-28-23;2-1-3/h2-3,5-10H,4,11-21H2,1H3,(H,29,36);1H,(H,2,3). The maximum Gasteiger partial charge on any atom is 0.324 e. The Bertz CT molecular complexity index is 1190. The van der Waals surface area contributed by atoms with Crippen LogP contribution in [0.25, 0.3) is 11.4 Å². The fourth-order valence-electron chi connectivity index (χ4n) is 4.80. The molecule has 2 aromatic heterocycles. The fourth-order valence-corrected chi connectivity index (χ4v) is 4.80. The number of nitrogens with one attached hydrogen (secondary N) is 1. The Morgan fingerprint density at radius 2 is 1.73 bits per heavy atom. The van der Waals surface area contributed by atoms with Gasteiger partial charge in [-0.25, -0.2) is 4.79 Å². The number of anilines is 1. The number of piperazine rings is 2. The minimum atomic E-state index is -0.250. The number of amides is 2. The van der Waals surface area contributed by atoms with Gasteiger partial charge >= 0.3 is 12.0 Å². The van der Waals surface area contributed by atoms with Gasteiger partial charge < -0.3 is 34.4 Å². The monoisotopic (exact) mass is 566 g/mol. The van der Waals surface area contributed by atoms with Gasteiger partial charge in [0.15, 0.2) is 0 Å². The molecule has 0 bridgehead atoms. The second-order valence-corrected chi connectivity index (χ2v) is 9.73. The quantitative estimate of drug-likeness (QED) is 0.290. The van der Waals surface area contributed by atoms with Crippen LogP contribution in [0, 0.1) is 0 Å². The van der Waals surface area contributed by atoms with E-state index in [0.717, 1.165) is 62.7 Å². The number of carboxylic acid groups (broad SMARTS) is 1. The van der Waals surface area contributed by atoms with Crippen molar-refractivity contribution < 1.29 is 24.0 Å². The molecule has 2 aliphatic heterocycles. The van der Waals surface area contributed by atoms with Crippen molar-refractivity contribution in [1.82, 2.24) is 35.1 Å².